The highest BCUT2D eigenvalue weighted by Crippen LogP contribution is 2.16. The summed E-state index contributed by atoms with van der Waals surface area (Å²) < 4.78 is 14.1. The molecular weight excluding hydrogens is 322 g/mol. The third kappa shape index (κ3) is 3.38. The zero-order valence-electron chi connectivity index (χ0n) is 13.7. The Morgan fingerprint density at radius 3 is 2.71 bits per heavy atom. The van der Waals surface area contributed by atoms with Gasteiger partial charge in [-0.3, -0.25) is 9.00 Å². The largest absolute Gasteiger partial charge is 0.351 e. The first-order valence-electron chi connectivity index (χ1n) is 7.71. The average Bonchev–Trinajstić information content (AvgIpc) is 2.89. The van der Waals surface area contributed by atoms with Crippen molar-refractivity contribution in [2.24, 2.45) is 7.05 Å². The minimum atomic E-state index is -1.11. The molecule has 0 radical (unpaired) electrons. The maximum absolute atomic E-state index is 12.3. The van der Waals surface area contributed by atoms with E-state index in [0.29, 0.717) is 17.9 Å². The summed E-state index contributed by atoms with van der Waals surface area (Å²) in [5.74, 6) is 1.12. The number of imidazole rings is 1. The van der Waals surface area contributed by atoms with E-state index in [1.807, 2.05) is 54.9 Å². The van der Waals surface area contributed by atoms with Crippen molar-refractivity contribution >= 4 is 27.7 Å². The Balaban J connectivity index is 1.62. The van der Waals surface area contributed by atoms with Crippen LogP contribution < -0.4 is 5.32 Å². The van der Waals surface area contributed by atoms with Gasteiger partial charge in [0.1, 0.15) is 5.82 Å². The molecule has 1 amide bonds. The maximum atomic E-state index is 12.3. The summed E-state index contributed by atoms with van der Waals surface area (Å²) in [7, 11) is 0.839. The van der Waals surface area contributed by atoms with Crippen molar-refractivity contribution in [3.05, 3.63) is 59.9 Å². The van der Waals surface area contributed by atoms with Gasteiger partial charge >= 0.3 is 0 Å². The second-order valence-electron chi connectivity index (χ2n) is 5.54. The quantitative estimate of drug-likeness (QED) is 0.775. The van der Waals surface area contributed by atoms with E-state index < -0.39 is 10.8 Å². The lowest BCUT2D eigenvalue weighted by molar-refractivity contribution is 0.0956. The molecule has 0 aliphatic rings. The number of amides is 1. The monoisotopic (exact) mass is 341 g/mol. The fourth-order valence-corrected chi connectivity index (χ4v) is 3.49. The number of nitrogens with one attached hydrogen (secondary N) is 1. The molecule has 2 aromatic carbocycles. The van der Waals surface area contributed by atoms with E-state index in [0.717, 1.165) is 21.8 Å². The number of aryl methyl sites for hydroxylation is 2. The predicted molar refractivity (Wildman–Crippen MR) is 95.5 cm³/mol. The molecule has 0 saturated carbocycles. The molecule has 0 aliphatic carbocycles. The Hall–Kier alpha value is -2.47. The normalized spacial score (nSPS) is 12.2. The van der Waals surface area contributed by atoms with Gasteiger partial charge in [-0.25, -0.2) is 4.98 Å². The number of carbonyl (C=O) groups is 1. The smallest absolute Gasteiger partial charge is 0.251 e. The first-order valence-corrected chi connectivity index (χ1v) is 9.03. The van der Waals surface area contributed by atoms with Crippen molar-refractivity contribution in [1.29, 1.82) is 0 Å². The van der Waals surface area contributed by atoms with E-state index >= 15 is 0 Å². The Morgan fingerprint density at radius 2 is 1.96 bits per heavy atom. The molecular formula is C18H19N3O2S. The van der Waals surface area contributed by atoms with E-state index in [-0.39, 0.29) is 5.91 Å². The molecule has 6 heteroatoms. The molecule has 0 aliphatic heterocycles. The van der Waals surface area contributed by atoms with Gasteiger partial charge in [-0.05, 0) is 37.3 Å². The second-order valence-corrected chi connectivity index (χ2v) is 7.11. The SMILES string of the molecule is Cc1nc2cc(C(=O)NCC[S@@](=O)c3ccccc3)ccc2n1C. The summed E-state index contributed by atoms with van der Waals surface area (Å²) >= 11 is 0. The molecule has 0 bridgehead atoms. The molecule has 0 unspecified atom stereocenters. The topological polar surface area (TPSA) is 64.0 Å². The minimum absolute atomic E-state index is 0.176. The van der Waals surface area contributed by atoms with Crippen LogP contribution in [0.5, 0.6) is 0 Å². The van der Waals surface area contributed by atoms with Crippen molar-refractivity contribution in [2.75, 3.05) is 12.3 Å². The Bertz CT molecular complexity index is 903. The Kier molecular flexibility index (Phi) is 4.76. The molecule has 1 N–H and O–H groups in total. The van der Waals surface area contributed by atoms with Crippen LogP contribution in [-0.4, -0.2) is 32.0 Å². The molecule has 0 spiro atoms. The molecule has 0 fully saturated rings. The molecule has 24 heavy (non-hydrogen) atoms. The number of fused-ring (bicyclic) bond motifs is 1. The minimum Gasteiger partial charge on any atom is -0.351 e. The molecule has 3 aromatic rings. The summed E-state index contributed by atoms with van der Waals surface area (Å²) in [5, 5.41) is 2.82. The zero-order valence-corrected chi connectivity index (χ0v) is 14.5. The van der Waals surface area contributed by atoms with Crippen LogP contribution >= 0.6 is 0 Å². The van der Waals surface area contributed by atoms with Crippen LogP contribution in [0.2, 0.25) is 0 Å². The number of benzene rings is 2. The average molecular weight is 341 g/mol. The van der Waals surface area contributed by atoms with E-state index in [1.165, 1.54) is 0 Å². The van der Waals surface area contributed by atoms with Crippen LogP contribution in [0.15, 0.2) is 53.4 Å². The van der Waals surface area contributed by atoms with E-state index in [4.69, 9.17) is 0 Å². The lowest BCUT2D eigenvalue weighted by atomic mass is 10.2. The van der Waals surface area contributed by atoms with Gasteiger partial charge in [0.15, 0.2) is 0 Å². The molecule has 1 heterocycles. The zero-order chi connectivity index (χ0) is 17.1. The van der Waals surface area contributed by atoms with Gasteiger partial charge in [0, 0.05) is 29.8 Å². The Morgan fingerprint density at radius 1 is 1.21 bits per heavy atom. The van der Waals surface area contributed by atoms with Crippen LogP contribution in [0.4, 0.5) is 0 Å². The van der Waals surface area contributed by atoms with Crippen LogP contribution in [0.1, 0.15) is 16.2 Å². The van der Waals surface area contributed by atoms with Gasteiger partial charge in [-0.15, -0.1) is 0 Å². The number of hydrogen-bond acceptors (Lipinski definition) is 3. The Labute approximate surface area is 143 Å². The van der Waals surface area contributed by atoms with Crippen LogP contribution in [0.3, 0.4) is 0 Å². The number of carbonyl (C=O) groups excluding carboxylic acids is 1. The molecule has 5 nitrogen and oxygen atoms in total. The molecule has 1 atom stereocenters. The molecule has 0 saturated heterocycles. The van der Waals surface area contributed by atoms with Gasteiger partial charge < -0.3 is 9.88 Å². The van der Waals surface area contributed by atoms with Crippen LogP contribution in [0.25, 0.3) is 11.0 Å². The summed E-state index contributed by atoms with van der Waals surface area (Å²) in [4.78, 5) is 17.5. The highest BCUT2D eigenvalue weighted by Gasteiger charge is 2.10. The van der Waals surface area contributed by atoms with Gasteiger partial charge in [-0.2, -0.15) is 0 Å². The van der Waals surface area contributed by atoms with E-state index in [2.05, 4.69) is 10.3 Å². The molecule has 1 aromatic heterocycles. The molecule has 124 valence electrons. The highest BCUT2D eigenvalue weighted by molar-refractivity contribution is 7.85. The summed E-state index contributed by atoms with van der Waals surface area (Å²) in [6.45, 7) is 2.29. The summed E-state index contributed by atoms with van der Waals surface area (Å²) in [6, 6.07) is 14.7. The maximum Gasteiger partial charge on any atom is 0.251 e. The highest BCUT2D eigenvalue weighted by atomic mass is 32.2. The van der Waals surface area contributed by atoms with Crippen molar-refractivity contribution < 1.29 is 9.00 Å². The fourth-order valence-electron chi connectivity index (χ4n) is 2.51. The van der Waals surface area contributed by atoms with Gasteiger partial charge in [0.05, 0.1) is 21.8 Å². The van der Waals surface area contributed by atoms with E-state index in [9.17, 15) is 9.00 Å². The van der Waals surface area contributed by atoms with Gasteiger partial charge in [-0.1, -0.05) is 18.2 Å². The van der Waals surface area contributed by atoms with Gasteiger partial charge in [0.25, 0.3) is 5.91 Å². The van der Waals surface area contributed by atoms with Crippen LogP contribution in [0, 0.1) is 6.92 Å². The second kappa shape index (κ2) is 6.97. The van der Waals surface area contributed by atoms with E-state index in [1.54, 1.807) is 12.1 Å². The standard InChI is InChI=1S/C18H19N3O2S/c1-13-20-16-12-14(8-9-17(16)21(13)2)18(22)19-10-11-24(23)15-6-4-3-5-7-15/h3-9,12H,10-11H2,1-2H3,(H,19,22)/t24-/m1/s1. The van der Waals surface area contributed by atoms with Crippen molar-refractivity contribution in [3.8, 4) is 0 Å². The fraction of sp³-hybridized carbons (Fsp3) is 0.222. The lowest BCUT2D eigenvalue weighted by Gasteiger charge is -2.06. The summed E-state index contributed by atoms with van der Waals surface area (Å²) in [6.07, 6.45) is 0. The third-order valence-electron chi connectivity index (χ3n) is 3.95. The summed E-state index contributed by atoms with van der Waals surface area (Å²) in [5.41, 5.74) is 2.36. The first-order chi connectivity index (χ1) is 11.6. The number of aromatic nitrogens is 2. The van der Waals surface area contributed by atoms with Crippen molar-refractivity contribution in [1.82, 2.24) is 14.9 Å². The van der Waals surface area contributed by atoms with Crippen molar-refractivity contribution in [3.63, 3.8) is 0 Å². The number of hydrogen-bond donors (Lipinski definition) is 1. The molecule has 3 rings (SSSR count). The van der Waals surface area contributed by atoms with Gasteiger partial charge in [0.2, 0.25) is 0 Å². The number of nitrogens with zero attached hydrogens (tertiary/aromatic N) is 2. The third-order valence-corrected chi connectivity index (χ3v) is 5.32. The predicted octanol–water partition coefficient (Wildman–Crippen LogP) is 2.42. The number of rotatable bonds is 5. The lowest BCUT2D eigenvalue weighted by Crippen LogP contribution is -2.27. The van der Waals surface area contributed by atoms with Crippen LogP contribution in [-0.2, 0) is 17.8 Å². The van der Waals surface area contributed by atoms with Crippen molar-refractivity contribution in [2.45, 2.75) is 11.8 Å². The first kappa shape index (κ1) is 16.4.